The largest absolute Gasteiger partial charge is 0.465 e. The molecule has 0 aliphatic carbocycles. The Morgan fingerprint density at radius 2 is 2.06 bits per heavy atom. The minimum Gasteiger partial charge on any atom is -0.465 e. The first-order valence-corrected chi connectivity index (χ1v) is 13.0. The van der Waals surface area contributed by atoms with E-state index in [1.165, 1.54) is 0 Å². The second kappa shape index (κ2) is 11.2. The lowest BCUT2D eigenvalue weighted by molar-refractivity contribution is -0.160. The van der Waals surface area contributed by atoms with Crippen LogP contribution in [0.5, 0.6) is 0 Å². The van der Waals surface area contributed by atoms with Crippen molar-refractivity contribution in [1.82, 2.24) is 9.80 Å². The number of carbonyl (C=O) groups is 3. The van der Waals surface area contributed by atoms with Crippen LogP contribution in [0, 0.1) is 11.8 Å². The van der Waals surface area contributed by atoms with E-state index in [9.17, 15) is 19.5 Å². The van der Waals surface area contributed by atoms with Crippen LogP contribution in [-0.2, 0) is 23.9 Å². The predicted octanol–water partition coefficient (Wildman–Crippen LogP) is 2.85. The average Bonchev–Trinajstić information content (AvgIpc) is 3.38. The molecule has 8 heteroatoms. The van der Waals surface area contributed by atoms with E-state index >= 15 is 0 Å². The van der Waals surface area contributed by atoms with Crippen LogP contribution in [0.15, 0.2) is 25.3 Å². The number of hydrogen-bond acceptors (Lipinski definition) is 6. The zero-order valence-corrected chi connectivity index (χ0v) is 21.5. The van der Waals surface area contributed by atoms with Crippen LogP contribution in [0.2, 0.25) is 0 Å². The van der Waals surface area contributed by atoms with Gasteiger partial charge in [-0.3, -0.25) is 14.4 Å². The molecule has 196 valence electrons. The molecule has 2 amide bonds. The predicted molar refractivity (Wildman–Crippen MR) is 132 cm³/mol. The highest BCUT2D eigenvalue weighted by molar-refractivity contribution is 5.98. The maximum atomic E-state index is 14.2. The summed E-state index contributed by atoms with van der Waals surface area (Å²) in [5.41, 5.74) is -1.91. The number of amides is 2. The van der Waals surface area contributed by atoms with Crippen LogP contribution in [-0.4, -0.2) is 82.3 Å². The summed E-state index contributed by atoms with van der Waals surface area (Å²) in [6.07, 6.45) is 7.87. The molecular weight excluding hydrogens is 448 g/mol. The smallest absolute Gasteiger partial charge is 0.312 e. The highest BCUT2D eigenvalue weighted by atomic mass is 16.6. The van der Waals surface area contributed by atoms with Gasteiger partial charge in [0.25, 0.3) is 0 Å². The van der Waals surface area contributed by atoms with Gasteiger partial charge in [-0.25, -0.2) is 0 Å². The van der Waals surface area contributed by atoms with Gasteiger partial charge in [0.1, 0.15) is 17.6 Å². The lowest BCUT2D eigenvalue weighted by atomic mass is 9.66. The Morgan fingerprint density at radius 3 is 2.69 bits per heavy atom. The van der Waals surface area contributed by atoms with Gasteiger partial charge in [-0.05, 0) is 52.4 Å². The Labute approximate surface area is 209 Å². The number of aliphatic hydroxyl groups is 1. The van der Waals surface area contributed by atoms with Gasteiger partial charge in [-0.1, -0.05) is 25.5 Å². The van der Waals surface area contributed by atoms with Crippen molar-refractivity contribution in [2.45, 2.75) is 89.0 Å². The number of likely N-dealkylation sites (tertiary alicyclic amines) is 1. The second-order valence-electron chi connectivity index (χ2n) is 10.4. The molecule has 3 aliphatic heterocycles. The molecule has 3 rings (SSSR count). The first-order chi connectivity index (χ1) is 16.7. The molecule has 1 N–H and O–H groups in total. The van der Waals surface area contributed by atoms with Crippen LogP contribution in [0.1, 0.15) is 65.7 Å². The van der Waals surface area contributed by atoms with E-state index in [0.717, 1.165) is 12.8 Å². The van der Waals surface area contributed by atoms with Gasteiger partial charge in [0.05, 0.1) is 18.1 Å². The Hall–Kier alpha value is -2.19. The quantitative estimate of drug-likeness (QED) is 0.229. The van der Waals surface area contributed by atoms with Crippen LogP contribution in [0.3, 0.4) is 0 Å². The fourth-order valence-electron chi connectivity index (χ4n) is 6.39. The molecule has 3 unspecified atom stereocenters. The third-order valence-electron chi connectivity index (χ3n) is 7.99. The van der Waals surface area contributed by atoms with E-state index in [4.69, 9.17) is 9.47 Å². The van der Waals surface area contributed by atoms with Gasteiger partial charge >= 0.3 is 5.97 Å². The SMILES string of the molecule is C=CCCOC(=O)[C@H]1[C@H]2C(=O)N(CCCCO)C(C(=O)N(CC=C)C(C)CCC)C23CC[C@]1(C)O3. The van der Waals surface area contributed by atoms with Crippen molar-refractivity contribution in [2.24, 2.45) is 11.8 Å². The number of fused-ring (bicyclic) bond motifs is 1. The van der Waals surface area contributed by atoms with E-state index in [1.54, 1.807) is 22.0 Å². The van der Waals surface area contributed by atoms with Crippen molar-refractivity contribution >= 4 is 17.8 Å². The normalized spacial score (nSPS) is 31.8. The van der Waals surface area contributed by atoms with Gasteiger partial charge < -0.3 is 24.4 Å². The van der Waals surface area contributed by atoms with Gasteiger partial charge in [0.15, 0.2) is 0 Å². The average molecular weight is 491 g/mol. The molecule has 2 bridgehead atoms. The molecule has 3 heterocycles. The molecule has 0 radical (unpaired) electrons. The first-order valence-electron chi connectivity index (χ1n) is 13.0. The molecule has 6 atom stereocenters. The van der Waals surface area contributed by atoms with Gasteiger partial charge in [0, 0.05) is 25.7 Å². The van der Waals surface area contributed by atoms with Crippen LogP contribution in [0.25, 0.3) is 0 Å². The van der Waals surface area contributed by atoms with Crippen molar-refractivity contribution in [1.29, 1.82) is 0 Å². The van der Waals surface area contributed by atoms with Gasteiger partial charge in [0.2, 0.25) is 11.8 Å². The summed E-state index contributed by atoms with van der Waals surface area (Å²) < 4.78 is 12.1. The van der Waals surface area contributed by atoms with Gasteiger partial charge in [-0.2, -0.15) is 0 Å². The fraction of sp³-hybridized carbons (Fsp3) is 0.741. The zero-order chi connectivity index (χ0) is 25.8. The Kier molecular flexibility index (Phi) is 8.81. The molecule has 3 saturated heterocycles. The summed E-state index contributed by atoms with van der Waals surface area (Å²) in [4.78, 5) is 44.7. The third-order valence-corrected chi connectivity index (χ3v) is 7.99. The summed E-state index contributed by atoms with van der Waals surface area (Å²) in [7, 11) is 0. The number of nitrogens with zero attached hydrogens (tertiary/aromatic N) is 2. The fourth-order valence-corrected chi connectivity index (χ4v) is 6.39. The number of ether oxygens (including phenoxy) is 2. The lowest BCUT2D eigenvalue weighted by Crippen LogP contribution is -2.58. The molecule has 0 aromatic rings. The third kappa shape index (κ3) is 4.79. The summed E-state index contributed by atoms with van der Waals surface area (Å²) in [6, 6.07) is -0.838. The van der Waals surface area contributed by atoms with Crippen molar-refractivity contribution < 1.29 is 29.0 Å². The van der Waals surface area contributed by atoms with E-state index in [1.807, 2.05) is 13.8 Å². The van der Waals surface area contributed by atoms with Crippen LogP contribution in [0.4, 0.5) is 0 Å². The molecule has 8 nitrogen and oxygen atoms in total. The summed E-state index contributed by atoms with van der Waals surface area (Å²) in [5.74, 6) is -2.34. The molecule has 3 fully saturated rings. The molecule has 0 saturated carbocycles. The number of hydrogen-bond donors (Lipinski definition) is 1. The summed E-state index contributed by atoms with van der Waals surface area (Å²) >= 11 is 0. The lowest BCUT2D eigenvalue weighted by Gasteiger charge is -2.39. The minimum absolute atomic E-state index is 0.0121. The topological polar surface area (TPSA) is 96.4 Å². The van der Waals surface area contributed by atoms with E-state index < -0.39 is 35.0 Å². The van der Waals surface area contributed by atoms with Crippen molar-refractivity contribution in [3.05, 3.63) is 25.3 Å². The number of esters is 1. The maximum Gasteiger partial charge on any atom is 0.312 e. The van der Waals surface area contributed by atoms with E-state index in [0.29, 0.717) is 45.2 Å². The van der Waals surface area contributed by atoms with E-state index in [2.05, 4.69) is 20.1 Å². The van der Waals surface area contributed by atoms with Crippen LogP contribution < -0.4 is 0 Å². The first kappa shape index (κ1) is 27.4. The molecule has 1 spiro atoms. The zero-order valence-electron chi connectivity index (χ0n) is 21.5. The van der Waals surface area contributed by atoms with Crippen LogP contribution >= 0.6 is 0 Å². The number of rotatable bonds is 14. The Morgan fingerprint density at radius 1 is 1.31 bits per heavy atom. The highest BCUT2D eigenvalue weighted by Crippen LogP contribution is 2.63. The monoisotopic (exact) mass is 490 g/mol. The molecule has 0 aromatic carbocycles. The molecule has 0 aromatic heterocycles. The number of unbranched alkanes of at least 4 members (excludes halogenated alkanes) is 1. The summed E-state index contributed by atoms with van der Waals surface area (Å²) in [5, 5.41) is 9.30. The maximum absolute atomic E-state index is 14.2. The van der Waals surface area contributed by atoms with Crippen molar-refractivity contribution in [2.75, 3.05) is 26.3 Å². The molecular formula is C27H42N2O6. The molecule has 3 aliphatic rings. The number of aliphatic hydroxyl groups excluding tert-OH is 1. The summed E-state index contributed by atoms with van der Waals surface area (Å²) in [6.45, 7) is 14.4. The van der Waals surface area contributed by atoms with Crippen molar-refractivity contribution in [3.8, 4) is 0 Å². The molecule has 35 heavy (non-hydrogen) atoms. The second-order valence-corrected chi connectivity index (χ2v) is 10.4. The van der Waals surface area contributed by atoms with Gasteiger partial charge in [-0.15, -0.1) is 13.2 Å². The van der Waals surface area contributed by atoms with Crippen molar-refractivity contribution in [3.63, 3.8) is 0 Å². The minimum atomic E-state index is -1.06. The highest BCUT2D eigenvalue weighted by Gasteiger charge is 2.78. The standard InChI is InChI=1S/C27H42N2O6/c1-6-9-18-34-25(33)21-20-23(31)29(16-10-11-17-30)22(27(20)14-13-26(21,5)35-27)24(32)28(15-8-3)19(4)12-7-2/h6,8,19-22,30H,1,3,7,9-18H2,2,4-5H3/t19?,20-,21+,22?,26-,27?/m0/s1. The van der Waals surface area contributed by atoms with E-state index in [-0.39, 0.29) is 31.1 Å². The number of carbonyl (C=O) groups excluding carboxylic acids is 3. The Bertz CT molecular complexity index is 830. The Balaban J connectivity index is 2.01.